The molecule has 0 amide bonds. The second-order valence-electron chi connectivity index (χ2n) is 12.3. The van der Waals surface area contributed by atoms with E-state index in [1.165, 1.54) is 39.1 Å². The predicted molar refractivity (Wildman–Crippen MR) is 180 cm³/mol. The number of anilines is 1. The number of fused-ring (bicyclic) bond motifs is 3. The average molecular weight is 600 g/mol. The zero-order valence-electron chi connectivity index (χ0n) is 26.0. The summed E-state index contributed by atoms with van der Waals surface area (Å²) in [4.78, 5) is 6.82. The van der Waals surface area contributed by atoms with Crippen LogP contribution in [0.1, 0.15) is 52.1 Å². The van der Waals surface area contributed by atoms with E-state index in [9.17, 15) is 0 Å². The molecule has 0 radical (unpaired) electrons. The van der Waals surface area contributed by atoms with Gasteiger partial charge in [0.2, 0.25) is 0 Å². The van der Waals surface area contributed by atoms with Gasteiger partial charge in [0.05, 0.1) is 0 Å². The normalized spacial score (nSPS) is 17.4. The molecule has 4 aromatic carbocycles. The lowest BCUT2D eigenvalue weighted by Crippen LogP contribution is -2.32. The maximum absolute atomic E-state index is 6.25. The standard InChI is InChI=1S/C39H41N3O3/c1-4-17-40-22-32-19-29(11-14-36(32)43-25-40)28(3)39(30-12-15-37-33(20-30)23-41(18-5-2)26-44-37)31-13-16-38-34(21-31)24-42(27-45-38)35-9-7-6-8-10-35/h4-16,19-21,28,39H,1-2,17-18,22-27H2,3H3. The summed E-state index contributed by atoms with van der Waals surface area (Å²) in [5.41, 5.74) is 8.67. The fourth-order valence-corrected chi connectivity index (χ4v) is 6.92. The van der Waals surface area contributed by atoms with Crippen LogP contribution in [0.4, 0.5) is 5.69 Å². The van der Waals surface area contributed by atoms with Gasteiger partial charge in [0.25, 0.3) is 0 Å². The molecule has 7 rings (SSSR count). The quantitative estimate of drug-likeness (QED) is 0.184. The first-order valence-electron chi connectivity index (χ1n) is 15.8. The molecule has 0 spiro atoms. The molecule has 0 saturated heterocycles. The van der Waals surface area contributed by atoms with Gasteiger partial charge in [0.15, 0.2) is 6.73 Å². The van der Waals surface area contributed by atoms with Gasteiger partial charge in [-0.1, -0.05) is 67.6 Å². The van der Waals surface area contributed by atoms with Gasteiger partial charge < -0.3 is 19.1 Å². The fraction of sp³-hybridized carbons (Fsp3) is 0.282. The third-order valence-corrected chi connectivity index (χ3v) is 9.22. The molecule has 2 atom stereocenters. The topological polar surface area (TPSA) is 37.4 Å². The second kappa shape index (κ2) is 12.8. The first-order valence-corrected chi connectivity index (χ1v) is 15.8. The first-order chi connectivity index (χ1) is 22.1. The molecular formula is C39H41N3O3. The summed E-state index contributed by atoms with van der Waals surface area (Å²) in [6.07, 6.45) is 3.87. The molecule has 3 aliphatic heterocycles. The second-order valence-corrected chi connectivity index (χ2v) is 12.3. The molecule has 45 heavy (non-hydrogen) atoms. The molecule has 0 fully saturated rings. The van der Waals surface area contributed by atoms with E-state index in [4.69, 9.17) is 14.2 Å². The molecule has 3 aliphatic rings. The zero-order valence-corrected chi connectivity index (χ0v) is 26.0. The van der Waals surface area contributed by atoms with Crippen molar-refractivity contribution in [1.29, 1.82) is 0 Å². The molecule has 2 unspecified atom stereocenters. The van der Waals surface area contributed by atoms with Crippen LogP contribution in [0.5, 0.6) is 17.2 Å². The summed E-state index contributed by atoms with van der Waals surface area (Å²) < 4.78 is 18.5. The van der Waals surface area contributed by atoms with Crippen molar-refractivity contribution >= 4 is 5.69 Å². The maximum atomic E-state index is 6.25. The summed E-state index contributed by atoms with van der Waals surface area (Å²) in [6, 6.07) is 30.8. The Labute approximate surface area is 266 Å². The van der Waals surface area contributed by atoms with Crippen molar-refractivity contribution in [3.63, 3.8) is 0 Å². The van der Waals surface area contributed by atoms with Gasteiger partial charge in [-0.3, -0.25) is 9.80 Å². The molecule has 3 heterocycles. The van der Waals surface area contributed by atoms with Crippen LogP contribution < -0.4 is 19.1 Å². The number of nitrogens with zero attached hydrogens (tertiary/aromatic N) is 3. The summed E-state index contributed by atoms with van der Waals surface area (Å²) in [5.74, 6) is 3.22. The SMILES string of the molecule is C=CCN1COc2ccc(C(C)C(c3ccc4c(c3)CN(CC=C)CO4)c3ccc4c(c3)CN(c3ccccc3)CO4)cc2C1. The van der Waals surface area contributed by atoms with Gasteiger partial charge in [0, 0.05) is 61.0 Å². The summed E-state index contributed by atoms with van der Waals surface area (Å²) in [7, 11) is 0. The van der Waals surface area contributed by atoms with E-state index < -0.39 is 0 Å². The Morgan fingerprint density at radius 2 is 1.11 bits per heavy atom. The van der Waals surface area contributed by atoms with Crippen molar-refractivity contribution in [3.8, 4) is 17.2 Å². The zero-order chi connectivity index (χ0) is 30.8. The minimum atomic E-state index is 0.120. The van der Waals surface area contributed by atoms with Crippen molar-refractivity contribution < 1.29 is 14.2 Å². The lowest BCUT2D eigenvalue weighted by atomic mass is 9.77. The van der Waals surface area contributed by atoms with Crippen LogP contribution in [0.3, 0.4) is 0 Å². The van der Waals surface area contributed by atoms with Crippen LogP contribution in [0.2, 0.25) is 0 Å². The molecule has 0 aliphatic carbocycles. The molecule has 0 saturated carbocycles. The van der Waals surface area contributed by atoms with Crippen LogP contribution in [0, 0.1) is 0 Å². The van der Waals surface area contributed by atoms with E-state index in [0.717, 1.165) is 50.0 Å². The third kappa shape index (κ3) is 6.08. The average Bonchev–Trinajstić information content (AvgIpc) is 3.08. The molecule has 0 aromatic heterocycles. The van der Waals surface area contributed by atoms with E-state index in [1.54, 1.807) is 0 Å². The Balaban J connectivity index is 1.26. The Bertz CT molecular complexity index is 1690. The fourth-order valence-electron chi connectivity index (χ4n) is 6.92. The van der Waals surface area contributed by atoms with E-state index in [2.05, 4.69) is 120 Å². The lowest BCUT2D eigenvalue weighted by molar-refractivity contribution is 0.107. The summed E-state index contributed by atoms with van der Waals surface area (Å²) in [6.45, 7) is 16.0. The van der Waals surface area contributed by atoms with E-state index in [0.29, 0.717) is 20.2 Å². The molecule has 6 nitrogen and oxygen atoms in total. The van der Waals surface area contributed by atoms with Crippen LogP contribution >= 0.6 is 0 Å². The van der Waals surface area contributed by atoms with Crippen LogP contribution in [-0.4, -0.2) is 43.1 Å². The minimum Gasteiger partial charge on any atom is -0.478 e. The van der Waals surface area contributed by atoms with Crippen LogP contribution in [0.25, 0.3) is 0 Å². The predicted octanol–water partition coefficient (Wildman–Crippen LogP) is 7.65. The van der Waals surface area contributed by atoms with Gasteiger partial charge in [0.1, 0.15) is 30.7 Å². The van der Waals surface area contributed by atoms with Crippen molar-refractivity contribution in [1.82, 2.24) is 9.80 Å². The molecule has 4 aromatic rings. The Kier molecular flexibility index (Phi) is 8.33. The van der Waals surface area contributed by atoms with Crippen molar-refractivity contribution in [2.45, 2.75) is 38.4 Å². The molecule has 230 valence electrons. The van der Waals surface area contributed by atoms with Gasteiger partial charge >= 0.3 is 0 Å². The maximum Gasteiger partial charge on any atom is 0.161 e. The Morgan fingerprint density at radius 1 is 0.622 bits per heavy atom. The smallest absolute Gasteiger partial charge is 0.161 e. The summed E-state index contributed by atoms with van der Waals surface area (Å²) >= 11 is 0. The molecule has 0 N–H and O–H groups in total. The van der Waals surface area contributed by atoms with Crippen molar-refractivity contribution in [3.05, 3.63) is 144 Å². The van der Waals surface area contributed by atoms with E-state index in [-0.39, 0.29) is 11.8 Å². The Hall–Kier alpha value is -4.52. The first kappa shape index (κ1) is 29.2. The number of hydrogen-bond donors (Lipinski definition) is 0. The van der Waals surface area contributed by atoms with E-state index >= 15 is 0 Å². The lowest BCUT2D eigenvalue weighted by Gasteiger charge is -2.33. The highest BCUT2D eigenvalue weighted by molar-refractivity contribution is 5.53. The largest absolute Gasteiger partial charge is 0.478 e. The molecule has 0 bridgehead atoms. The minimum absolute atomic E-state index is 0.120. The Morgan fingerprint density at radius 3 is 1.67 bits per heavy atom. The van der Waals surface area contributed by atoms with Gasteiger partial charge in [-0.2, -0.15) is 0 Å². The highest BCUT2D eigenvalue weighted by Gasteiger charge is 2.29. The van der Waals surface area contributed by atoms with Gasteiger partial charge in [-0.15, -0.1) is 13.2 Å². The number of rotatable bonds is 9. The molecule has 6 heteroatoms. The number of hydrogen-bond acceptors (Lipinski definition) is 6. The third-order valence-electron chi connectivity index (χ3n) is 9.22. The highest BCUT2D eigenvalue weighted by atomic mass is 16.5. The van der Waals surface area contributed by atoms with Gasteiger partial charge in [-0.05, 0) is 59.0 Å². The van der Waals surface area contributed by atoms with Gasteiger partial charge in [-0.25, -0.2) is 0 Å². The monoisotopic (exact) mass is 599 g/mol. The summed E-state index contributed by atoms with van der Waals surface area (Å²) in [5, 5.41) is 0. The van der Waals surface area contributed by atoms with Crippen LogP contribution in [0.15, 0.2) is 110 Å². The highest BCUT2D eigenvalue weighted by Crippen LogP contribution is 2.43. The van der Waals surface area contributed by atoms with Crippen molar-refractivity contribution in [2.75, 3.05) is 38.2 Å². The number of ether oxygens (including phenoxy) is 3. The number of benzene rings is 4. The van der Waals surface area contributed by atoms with Crippen LogP contribution in [-0.2, 0) is 19.6 Å². The van der Waals surface area contributed by atoms with Crippen molar-refractivity contribution in [2.24, 2.45) is 0 Å². The molecular weight excluding hydrogens is 558 g/mol. The number of para-hydroxylation sites is 1. The van der Waals surface area contributed by atoms with E-state index in [1.807, 2.05) is 12.2 Å².